The highest BCUT2D eigenvalue weighted by molar-refractivity contribution is 5.80. The molecular formula is C19H26N6O3. The lowest BCUT2D eigenvalue weighted by Crippen LogP contribution is -2.38. The zero-order chi connectivity index (χ0) is 19.8. The van der Waals surface area contributed by atoms with E-state index in [2.05, 4.69) is 29.4 Å². The molecule has 2 aromatic rings. The molecule has 0 bridgehead atoms. The lowest BCUT2D eigenvalue weighted by atomic mass is 10.1. The van der Waals surface area contributed by atoms with E-state index in [9.17, 15) is 9.90 Å². The Morgan fingerprint density at radius 2 is 2.21 bits per heavy atom. The third kappa shape index (κ3) is 3.42. The van der Waals surface area contributed by atoms with E-state index >= 15 is 0 Å². The molecule has 1 fully saturated rings. The number of H-pyrrole nitrogens is 1. The number of fused-ring (bicyclic) bond motifs is 1. The molecular weight excluding hydrogens is 360 g/mol. The number of hydrogen-bond acceptors (Lipinski definition) is 8. The molecule has 9 nitrogen and oxygen atoms in total. The minimum Gasteiger partial charge on any atom is -0.467 e. The van der Waals surface area contributed by atoms with Gasteiger partial charge in [-0.25, -0.2) is 9.78 Å². The number of hydrogen-bond donors (Lipinski definition) is 3. The first-order chi connectivity index (χ1) is 13.5. The summed E-state index contributed by atoms with van der Waals surface area (Å²) in [6.07, 6.45) is 2.49. The van der Waals surface area contributed by atoms with Gasteiger partial charge in [0.05, 0.1) is 18.9 Å². The fourth-order valence-electron chi connectivity index (χ4n) is 3.86. The van der Waals surface area contributed by atoms with Gasteiger partial charge in [-0.15, -0.1) is 0 Å². The van der Waals surface area contributed by atoms with E-state index in [0.717, 1.165) is 36.2 Å². The highest BCUT2D eigenvalue weighted by Crippen LogP contribution is 2.33. The topological polar surface area (TPSA) is 116 Å². The van der Waals surface area contributed by atoms with Crippen molar-refractivity contribution in [3.8, 4) is 0 Å². The Morgan fingerprint density at radius 1 is 1.39 bits per heavy atom. The molecule has 0 amide bonds. The predicted molar refractivity (Wildman–Crippen MR) is 104 cm³/mol. The van der Waals surface area contributed by atoms with Gasteiger partial charge in [-0.3, -0.25) is 5.10 Å². The average Bonchev–Trinajstić information content (AvgIpc) is 3.39. The number of methoxy groups -OCH3 is 1. The highest BCUT2D eigenvalue weighted by Gasteiger charge is 2.39. The second-order valence-corrected chi connectivity index (χ2v) is 7.72. The number of aliphatic hydroxyl groups excluding tert-OH is 1. The fourth-order valence-corrected chi connectivity index (χ4v) is 3.86. The van der Waals surface area contributed by atoms with Crippen LogP contribution in [0.2, 0.25) is 0 Å². The number of aromatic nitrogens is 4. The molecule has 3 N–H and O–H groups in total. The summed E-state index contributed by atoms with van der Waals surface area (Å²) >= 11 is 0. The van der Waals surface area contributed by atoms with Crippen LogP contribution in [0, 0.1) is 0 Å². The van der Waals surface area contributed by atoms with Crippen LogP contribution in [-0.4, -0.2) is 57.0 Å². The minimum atomic E-state index is -0.614. The molecule has 1 aliphatic carbocycles. The van der Waals surface area contributed by atoms with Crippen LogP contribution in [-0.2, 0) is 22.4 Å². The number of ether oxygens (including phenoxy) is 1. The molecule has 3 heterocycles. The third-order valence-corrected chi connectivity index (χ3v) is 5.40. The molecule has 1 saturated heterocycles. The number of nitrogens with one attached hydrogen (secondary N) is 2. The quantitative estimate of drug-likeness (QED) is 0.665. The van der Waals surface area contributed by atoms with E-state index in [0.29, 0.717) is 36.5 Å². The van der Waals surface area contributed by atoms with E-state index in [1.165, 1.54) is 7.11 Å². The number of aliphatic hydroxyl groups is 1. The van der Waals surface area contributed by atoms with Gasteiger partial charge in [0.2, 0.25) is 5.95 Å². The minimum absolute atomic E-state index is 0.303. The number of esters is 1. The third-order valence-electron chi connectivity index (χ3n) is 5.40. The van der Waals surface area contributed by atoms with E-state index < -0.39 is 12.1 Å². The molecule has 150 valence electrons. The van der Waals surface area contributed by atoms with Gasteiger partial charge in [0.1, 0.15) is 11.9 Å². The lowest BCUT2D eigenvalue weighted by molar-refractivity contribution is -0.142. The number of anilines is 3. The van der Waals surface area contributed by atoms with Crippen molar-refractivity contribution in [3.63, 3.8) is 0 Å². The van der Waals surface area contributed by atoms with Crippen molar-refractivity contribution in [2.24, 2.45) is 0 Å². The van der Waals surface area contributed by atoms with Crippen molar-refractivity contribution in [3.05, 3.63) is 23.0 Å². The second kappa shape index (κ2) is 7.38. The van der Waals surface area contributed by atoms with Crippen molar-refractivity contribution in [2.45, 2.75) is 57.6 Å². The first-order valence-corrected chi connectivity index (χ1v) is 9.71. The van der Waals surface area contributed by atoms with Gasteiger partial charge in [0.15, 0.2) is 5.82 Å². The van der Waals surface area contributed by atoms with Crippen LogP contribution in [0.1, 0.15) is 49.6 Å². The second-order valence-electron chi connectivity index (χ2n) is 7.72. The van der Waals surface area contributed by atoms with Crippen LogP contribution in [0.5, 0.6) is 0 Å². The molecule has 28 heavy (non-hydrogen) atoms. The Kier molecular flexibility index (Phi) is 4.92. The van der Waals surface area contributed by atoms with Gasteiger partial charge in [0, 0.05) is 30.3 Å². The summed E-state index contributed by atoms with van der Waals surface area (Å²) in [5.41, 5.74) is 3.12. The maximum atomic E-state index is 12.2. The Hall–Kier alpha value is -2.68. The Balaban J connectivity index is 1.68. The van der Waals surface area contributed by atoms with Gasteiger partial charge in [-0.05, 0) is 25.2 Å². The predicted octanol–water partition coefficient (Wildman–Crippen LogP) is 1.67. The SMILES string of the molecule is COC(=O)C1CC(O)CN1c1nc2c(c(Nc3cc(C(C)C)[nH]n3)n1)CCC2. The molecule has 9 heteroatoms. The first kappa shape index (κ1) is 18.7. The number of rotatable bonds is 5. The molecule has 4 rings (SSSR count). The maximum absolute atomic E-state index is 12.2. The van der Waals surface area contributed by atoms with Gasteiger partial charge in [-0.2, -0.15) is 10.1 Å². The van der Waals surface area contributed by atoms with Gasteiger partial charge >= 0.3 is 5.97 Å². The molecule has 2 aliphatic rings. The van der Waals surface area contributed by atoms with Gasteiger partial charge < -0.3 is 20.1 Å². The Morgan fingerprint density at radius 3 is 2.93 bits per heavy atom. The summed E-state index contributed by atoms with van der Waals surface area (Å²) in [6.45, 7) is 4.50. The van der Waals surface area contributed by atoms with E-state index in [-0.39, 0.29) is 5.97 Å². The van der Waals surface area contributed by atoms with Crippen LogP contribution < -0.4 is 10.2 Å². The molecule has 0 aromatic carbocycles. The number of nitrogens with zero attached hydrogens (tertiary/aromatic N) is 4. The number of β-amino-alcohol motifs (C(OH)–C–C–N with tert-alkyl or cyclic N) is 1. The van der Waals surface area contributed by atoms with Crippen LogP contribution in [0.3, 0.4) is 0 Å². The molecule has 1 aliphatic heterocycles. The monoisotopic (exact) mass is 386 g/mol. The van der Waals surface area contributed by atoms with Gasteiger partial charge in [-0.1, -0.05) is 13.8 Å². The largest absolute Gasteiger partial charge is 0.467 e. The number of aryl methyl sites for hydroxylation is 1. The van der Waals surface area contributed by atoms with Gasteiger partial charge in [0.25, 0.3) is 0 Å². The first-order valence-electron chi connectivity index (χ1n) is 9.71. The lowest BCUT2D eigenvalue weighted by Gasteiger charge is -2.23. The van der Waals surface area contributed by atoms with E-state index in [1.54, 1.807) is 4.90 Å². The number of carbonyl (C=O) groups excluding carboxylic acids is 1. The summed E-state index contributed by atoms with van der Waals surface area (Å²) in [7, 11) is 1.35. The molecule has 0 saturated carbocycles. The standard InChI is InChI=1S/C19H26N6O3/c1-10(2)14-8-16(24-23-14)21-17-12-5-4-6-13(12)20-19(22-17)25-9-11(26)7-15(25)18(27)28-3/h8,10-11,15,26H,4-7,9H2,1-3H3,(H2,20,21,22,23,24). The number of aromatic amines is 1. The number of carbonyl (C=O) groups is 1. The summed E-state index contributed by atoms with van der Waals surface area (Å²) < 4.78 is 4.90. The molecule has 2 unspecified atom stereocenters. The normalized spacial score (nSPS) is 21.2. The maximum Gasteiger partial charge on any atom is 0.328 e. The highest BCUT2D eigenvalue weighted by atomic mass is 16.5. The van der Waals surface area contributed by atoms with Crippen molar-refractivity contribution in [1.82, 2.24) is 20.2 Å². The Bertz CT molecular complexity index is 881. The zero-order valence-corrected chi connectivity index (χ0v) is 16.4. The zero-order valence-electron chi connectivity index (χ0n) is 16.4. The van der Waals surface area contributed by atoms with E-state index in [1.807, 2.05) is 6.07 Å². The molecule has 2 atom stereocenters. The molecule has 2 aromatic heterocycles. The van der Waals surface area contributed by atoms with Crippen LogP contribution in [0.25, 0.3) is 0 Å². The van der Waals surface area contributed by atoms with E-state index in [4.69, 9.17) is 14.7 Å². The fraction of sp³-hybridized carbons (Fsp3) is 0.579. The van der Waals surface area contributed by atoms with Crippen molar-refractivity contribution < 1.29 is 14.6 Å². The van der Waals surface area contributed by atoms with Crippen LogP contribution >= 0.6 is 0 Å². The summed E-state index contributed by atoms with van der Waals surface area (Å²) in [4.78, 5) is 23.3. The van der Waals surface area contributed by atoms with Crippen molar-refractivity contribution in [1.29, 1.82) is 0 Å². The summed E-state index contributed by atoms with van der Waals surface area (Å²) in [5.74, 6) is 1.82. The average molecular weight is 386 g/mol. The molecule has 0 spiro atoms. The van der Waals surface area contributed by atoms with Crippen molar-refractivity contribution >= 4 is 23.6 Å². The van der Waals surface area contributed by atoms with Crippen LogP contribution in [0.4, 0.5) is 17.6 Å². The summed E-state index contributed by atoms with van der Waals surface area (Å²) in [6, 6.07) is 1.40. The van der Waals surface area contributed by atoms with Crippen LogP contribution in [0.15, 0.2) is 6.07 Å². The summed E-state index contributed by atoms with van der Waals surface area (Å²) in [5, 5.41) is 20.8. The van der Waals surface area contributed by atoms with Crippen molar-refractivity contribution in [2.75, 3.05) is 23.9 Å². The smallest absolute Gasteiger partial charge is 0.328 e. The molecule has 0 radical (unpaired) electrons. The Labute approximate surface area is 163 Å².